The molecule has 0 unspecified atom stereocenters. The molecule has 0 aliphatic heterocycles. The summed E-state index contributed by atoms with van der Waals surface area (Å²) in [7, 11) is -1.37. The molecule has 0 aromatic heterocycles. The van der Waals surface area contributed by atoms with E-state index in [4.69, 9.17) is 15.8 Å². The Morgan fingerprint density at radius 2 is 1.74 bits per heavy atom. The van der Waals surface area contributed by atoms with Crippen LogP contribution in [0.2, 0.25) is 0 Å². The number of amides is 1. The molecule has 0 aliphatic rings. The Bertz CT molecular complexity index is 608. The SMILES string of the molecule is NC(=O)c1cccc(-c2cccc(CB(O)O)c2)c1.[HH].[HH]. The van der Waals surface area contributed by atoms with Crippen LogP contribution in [-0.2, 0) is 6.32 Å². The first kappa shape index (κ1) is 13.3. The number of hydrogen-bond acceptors (Lipinski definition) is 3. The van der Waals surface area contributed by atoms with Gasteiger partial charge in [0.15, 0.2) is 0 Å². The van der Waals surface area contributed by atoms with E-state index in [1.54, 1.807) is 18.2 Å². The molecule has 5 heteroatoms. The van der Waals surface area contributed by atoms with Gasteiger partial charge in [-0.05, 0) is 28.8 Å². The molecule has 0 bridgehead atoms. The topological polar surface area (TPSA) is 83.6 Å². The minimum Gasteiger partial charge on any atom is -0.427 e. The van der Waals surface area contributed by atoms with Gasteiger partial charge in [0.2, 0.25) is 5.91 Å². The first-order valence-corrected chi connectivity index (χ1v) is 5.91. The third-order valence-electron chi connectivity index (χ3n) is 2.83. The average Bonchev–Trinajstić information content (AvgIpc) is 2.38. The number of hydrogen-bond donors (Lipinski definition) is 3. The van der Waals surface area contributed by atoms with Crippen molar-refractivity contribution in [2.45, 2.75) is 6.32 Å². The zero-order valence-electron chi connectivity index (χ0n) is 10.3. The monoisotopic (exact) mass is 259 g/mol. The molecule has 4 N–H and O–H groups in total. The van der Waals surface area contributed by atoms with Crippen molar-refractivity contribution in [2.75, 3.05) is 0 Å². The molecular formula is C14H18BNO3. The van der Waals surface area contributed by atoms with Crippen LogP contribution >= 0.6 is 0 Å². The van der Waals surface area contributed by atoms with Gasteiger partial charge in [-0.1, -0.05) is 36.4 Å². The summed E-state index contributed by atoms with van der Waals surface area (Å²) in [6.45, 7) is 0. The van der Waals surface area contributed by atoms with Crippen molar-refractivity contribution >= 4 is 13.0 Å². The van der Waals surface area contributed by atoms with Crippen LogP contribution in [0.4, 0.5) is 0 Å². The normalized spacial score (nSPS) is 10.2. The lowest BCUT2D eigenvalue weighted by molar-refractivity contribution is 0.100. The number of nitrogens with two attached hydrogens (primary N) is 1. The van der Waals surface area contributed by atoms with Crippen LogP contribution in [-0.4, -0.2) is 23.1 Å². The quantitative estimate of drug-likeness (QED) is 0.727. The molecule has 0 heterocycles. The minimum absolute atomic E-state index is 0. The third kappa shape index (κ3) is 3.43. The summed E-state index contributed by atoms with van der Waals surface area (Å²) in [6, 6.07) is 14.4. The summed E-state index contributed by atoms with van der Waals surface area (Å²) in [5, 5.41) is 18.0. The molecule has 0 atom stereocenters. The predicted octanol–water partition coefficient (Wildman–Crippen LogP) is 1.50. The Labute approximate surface area is 114 Å². The van der Waals surface area contributed by atoms with Crippen molar-refractivity contribution in [2.24, 2.45) is 5.73 Å². The largest absolute Gasteiger partial charge is 0.456 e. The second-order valence-electron chi connectivity index (χ2n) is 4.33. The van der Waals surface area contributed by atoms with Crippen LogP contribution in [0, 0.1) is 0 Å². The van der Waals surface area contributed by atoms with E-state index < -0.39 is 13.0 Å². The highest BCUT2D eigenvalue weighted by Crippen LogP contribution is 2.21. The van der Waals surface area contributed by atoms with E-state index in [-0.39, 0.29) is 9.17 Å². The zero-order chi connectivity index (χ0) is 13.8. The number of benzene rings is 2. The lowest BCUT2D eigenvalue weighted by Gasteiger charge is -2.06. The molecule has 2 aromatic carbocycles. The van der Waals surface area contributed by atoms with E-state index in [9.17, 15) is 4.79 Å². The fourth-order valence-electron chi connectivity index (χ4n) is 1.94. The molecule has 1 amide bonds. The van der Waals surface area contributed by atoms with Crippen LogP contribution < -0.4 is 5.73 Å². The molecule has 0 fully saturated rings. The lowest BCUT2D eigenvalue weighted by atomic mass is 9.81. The molecule has 0 saturated heterocycles. The second-order valence-corrected chi connectivity index (χ2v) is 4.33. The average molecular weight is 259 g/mol. The van der Waals surface area contributed by atoms with E-state index in [0.717, 1.165) is 16.7 Å². The molecule has 19 heavy (non-hydrogen) atoms. The lowest BCUT2D eigenvalue weighted by Crippen LogP contribution is -2.15. The first-order chi connectivity index (χ1) is 9.06. The number of carbonyl (C=O) groups excluding carboxylic acids is 1. The van der Waals surface area contributed by atoms with E-state index in [1.165, 1.54) is 0 Å². The van der Waals surface area contributed by atoms with Crippen LogP contribution in [0.25, 0.3) is 11.1 Å². The summed E-state index contributed by atoms with van der Waals surface area (Å²) in [6.07, 6.45) is 0.170. The molecule has 2 rings (SSSR count). The molecule has 0 radical (unpaired) electrons. The smallest absolute Gasteiger partial charge is 0.427 e. The van der Waals surface area contributed by atoms with Gasteiger partial charge in [-0.25, -0.2) is 0 Å². The highest BCUT2D eigenvalue weighted by molar-refractivity contribution is 6.40. The van der Waals surface area contributed by atoms with E-state index in [1.807, 2.05) is 30.3 Å². The Hall–Kier alpha value is -2.11. The Morgan fingerprint density at radius 3 is 2.37 bits per heavy atom. The van der Waals surface area contributed by atoms with Crippen molar-refractivity contribution < 1.29 is 17.7 Å². The van der Waals surface area contributed by atoms with Crippen LogP contribution in [0.5, 0.6) is 0 Å². The third-order valence-corrected chi connectivity index (χ3v) is 2.83. The molecule has 0 spiro atoms. The molecule has 0 saturated carbocycles. The highest BCUT2D eigenvalue weighted by atomic mass is 16.4. The minimum atomic E-state index is -1.37. The van der Waals surface area contributed by atoms with Gasteiger partial charge in [0.25, 0.3) is 0 Å². The molecule has 2 aromatic rings. The highest BCUT2D eigenvalue weighted by Gasteiger charge is 2.09. The first-order valence-electron chi connectivity index (χ1n) is 5.91. The van der Waals surface area contributed by atoms with Gasteiger partial charge >= 0.3 is 7.12 Å². The number of primary amides is 1. The number of carbonyl (C=O) groups is 1. The molecular weight excluding hydrogens is 241 g/mol. The Morgan fingerprint density at radius 1 is 1.11 bits per heavy atom. The van der Waals surface area contributed by atoms with Crippen LogP contribution in [0.15, 0.2) is 48.5 Å². The fraction of sp³-hybridized carbons (Fsp3) is 0.0714. The van der Waals surface area contributed by atoms with Crippen molar-refractivity contribution in [3.05, 3.63) is 59.7 Å². The van der Waals surface area contributed by atoms with Crippen LogP contribution in [0.1, 0.15) is 18.8 Å². The summed E-state index contributed by atoms with van der Waals surface area (Å²) < 4.78 is 0. The standard InChI is InChI=1S/C14H14BNO3.2H2/c16-14(17)13-6-2-5-12(8-13)11-4-1-3-10(7-11)9-15(18)19;;/h1-8,18-19H,9H2,(H2,16,17);2*1H. The second kappa shape index (κ2) is 5.69. The van der Waals surface area contributed by atoms with E-state index in [0.29, 0.717) is 5.56 Å². The van der Waals surface area contributed by atoms with Crippen molar-refractivity contribution in [3.8, 4) is 11.1 Å². The van der Waals surface area contributed by atoms with Crippen molar-refractivity contribution in [1.82, 2.24) is 0 Å². The maximum atomic E-state index is 11.2. The molecule has 4 nitrogen and oxygen atoms in total. The summed E-state index contributed by atoms with van der Waals surface area (Å²) >= 11 is 0. The maximum absolute atomic E-state index is 11.2. The van der Waals surface area contributed by atoms with Gasteiger partial charge in [0.1, 0.15) is 0 Å². The van der Waals surface area contributed by atoms with Crippen molar-refractivity contribution in [3.63, 3.8) is 0 Å². The molecule has 0 aliphatic carbocycles. The van der Waals surface area contributed by atoms with Gasteiger partial charge < -0.3 is 15.8 Å². The van der Waals surface area contributed by atoms with Gasteiger partial charge in [0, 0.05) is 14.7 Å². The summed E-state index contributed by atoms with van der Waals surface area (Å²) in [5.41, 5.74) is 8.29. The Kier molecular flexibility index (Phi) is 3.99. The van der Waals surface area contributed by atoms with E-state index in [2.05, 4.69) is 0 Å². The van der Waals surface area contributed by atoms with Gasteiger partial charge in [-0.3, -0.25) is 4.79 Å². The summed E-state index contributed by atoms with van der Waals surface area (Å²) in [4.78, 5) is 11.2. The zero-order valence-corrected chi connectivity index (χ0v) is 10.3. The van der Waals surface area contributed by atoms with Crippen LogP contribution in [0.3, 0.4) is 0 Å². The van der Waals surface area contributed by atoms with Gasteiger partial charge in [-0.2, -0.15) is 0 Å². The fourth-order valence-corrected chi connectivity index (χ4v) is 1.94. The molecule has 100 valence electrons. The van der Waals surface area contributed by atoms with Crippen molar-refractivity contribution in [1.29, 1.82) is 0 Å². The van der Waals surface area contributed by atoms with Gasteiger partial charge in [-0.15, -0.1) is 0 Å². The number of rotatable bonds is 4. The summed E-state index contributed by atoms with van der Waals surface area (Å²) in [5.74, 6) is -0.469. The Balaban J connectivity index is 0.00000200. The maximum Gasteiger partial charge on any atom is 0.456 e. The van der Waals surface area contributed by atoms with Gasteiger partial charge in [0.05, 0.1) is 0 Å². The predicted molar refractivity (Wildman–Crippen MR) is 78.5 cm³/mol. The van der Waals surface area contributed by atoms with E-state index >= 15 is 0 Å².